The van der Waals surface area contributed by atoms with Crippen molar-refractivity contribution >= 4 is 18.1 Å². The predicted octanol–water partition coefficient (Wildman–Crippen LogP) is 3.80. The van der Waals surface area contributed by atoms with Gasteiger partial charge in [-0.05, 0) is 32.4 Å². The summed E-state index contributed by atoms with van der Waals surface area (Å²) in [6.07, 6.45) is 0.638. The highest BCUT2D eigenvalue weighted by Gasteiger charge is 2.21. The number of hydrogen-bond acceptors (Lipinski definition) is 6. The van der Waals surface area contributed by atoms with Crippen molar-refractivity contribution in [3.05, 3.63) is 70.9 Å². The maximum absolute atomic E-state index is 12.2. The van der Waals surface area contributed by atoms with Crippen molar-refractivity contribution < 1.29 is 28.9 Å². The molecule has 2 N–H and O–H groups in total. The van der Waals surface area contributed by atoms with E-state index >= 15 is 0 Å². The van der Waals surface area contributed by atoms with Crippen LogP contribution in [-0.2, 0) is 27.5 Å². The summed E-state index contributed by atoms with van der Waals surface area (Å²) in [6.45, 7) is 5.17. The number of alkyl carbamates (subject to hydrolysis) is 1. The molecular weight excluding hydrogens is 386 g/mol. The topological polar surface area (TPSA) is 94.1 Å². The molecule has 0 aliphatic heterocycles. The lowest BCUT2D eigenvalue weighted by molar-refractivity contribution is -0.136. The van der Waals surface area contributed by atoms with Crippen LogP contribution in [0.2, 0.25) is 0 Å². The molecule has 2 aromatic carbocycles. The molecule has 0 aromatic heterocycles. The monoisotopic (exact) mass is 413 g/mol. The Hall–Kier alpha value is -3.32. The van der Waals surface area contributed by atoms with Gasteiger partial charge in [0.05, 0.1) is 13.7 Å². The second-order valence-corrected chi connectivity index (χ2v) is 7.44. The van der Waals surface area contributed by atoms with Crippen LogP contribution in [0.4, 0.5) is 4.79 Å². The number of aliphatic hydroxyl groups is 1. The number of methoxy groups -OCH3 is 1. The van der Waals surface area contributed by atoms with Crippen molar-refractivity contribution in [3.63, 3.8) is 0 Å². The zero-order chi connectivity index (χ0) is 22.1. The van der Waals surface area contributed by atoms with Crippen LogP contribution < -0.4 is 10.1 Å². The second-order valence-electron chi connectivity index (χ2n) is 7.44. The van der Waals surface area contributed by atoms with Crippen molar-refractivity contribution in [2.45, 2.75) is 39.6 Å². The molecule has 0 saturated carbocycles. The first-order valence-electron chi connectivity index (χ1n) is 9.43. The number of carbonyl (C=O) groups excluding carboxylic acids is 2. The molecule has 0 bridgehead atoms. The van der Waals surface area contributed by atoms with Crippen molar-refractivity contribution in [2.24, 2.45) is 0 Å². The van der Waals surface area contributed by atoms with Crippen molar-refractivity contribution in [3.8, 4) is 5.75 Å². The van der Waals surface area contributed by atoms with E-state index in [0.717, 1.165) is 5.56 Å². The summed E-state index contributed by atoms with van der Waals surface area (Å²) in [5, 5.41) is 12.1. The highest BCUT2D eigenvalue weighted by molar-refractivity contribution is 5.97. The van der Waals surface area contributed by atoms with Gasteiger partial charge < -0.3 is 19.3 Å². The fourth-order valence-electron chi connectivity index (χ4n) is 2.57. The fourth-order valence-corrected chi connectivity index (χ4v) is 2.57. The zero-order valence-electron chi connectivity index (χ0n) is 17.6. The molecule has 0 aliphatic rings. The van der Waals surface area contributed by atoms with Crippen LogP contribution in [0.15, 0.2) is 54.2 Å². The molecular formula is C23H27NO6. The number of aliphatic hydroxyl groups excluding tert-OH is 1. The average Bonchev–Trinajstić information content (AvgIpc) is 2.70. The molecule has 1 amide bonds. The Morgan fingerprint density at radius 1 is 1.07 bits per heavy atom. The van der Waals surface area contributed by atoms with Gasteiger partial charge in [0.25, 0.3) is 0 Å². The van der Waals surface area contributed by atoms with Crippen LogP contribution >= 0.6 is 0 Å². The summed E-state index contributed by atoms with van der Waals surface area (Å²) in [7, 11) is 1.21. The van der Waals surface area contributed by atoms with Crippen LogP contribution in [0.1, 0.15) is 37.5 Å². The summed E-state index contributed by atoms with van der Waals surface area (Å²) in [5.41, 5.74) is 1.13. The summed E-state index contributed by atoms with van der Waals surface area (Å²) >= 11 is 0. The van der Waals surface area contributed by atoms with E-state index < -0.39 is 17.7 Å². The highest BCUT2D eigenvalue weighted by atomic mass is 16.6. The van der Waals surface area contributed by atoms with Crippen molar-refractivity contribution in [2.75, 3.05) is 7.11 Å². The highest BCUT2D eigenvalue weighted by Crippen LogP contribution is 2.27. The van der Waals surface area contributed by atoms with Gasteiger partial charge in [0.1, 0.15) is 23.7 Å². The lowest BCUT2D eigenvalue weighted by Crippen LogP contribution is -2.34. The van der Waals surface area contributed by atoms with Gasteiger partial charge in [-0.25, -0.2) is 9.59 Å². The first-order chi connectivity index (χ1) is 14.2. The molecule has 0 fully saturated rings. The van der Waals surface area contributed by atoms with Crippen molar-refractivity contribution in [1.82, 2.24) is 5.32 Å². The molecule has 7 nitrogen and oxygen atoms in total. The van der Waals surface area contributed by atoms with Crippen LogP contribution in [0.25, 0.3) is 6.08 Å². The van der Waals surface area contributed by atoms with E-state index in [2.05, 4.69) is 5.32 Å². The first kappa shape index (κ1) is 23.0. The van der Waals surface area contributed by atoms with Crippen molar-refractivity contribution in [1.29, 1.82) is 0 Å². The standard InChI is InChI=1S/C23H27NO6/c1-23(2,3)30-22(27)24-19(21(26)28-4)13-17-11-8-12-18(14-25)20(17)29-15-16-9-6-5-7-10-16/h5-13,25H,14-15H2,1-4H3,(H,24,27)/b19-13-. The zero-order valence-corrected chi connectivity index (χ0v) is 17.6. The van der Waals surface area contributed by atoms with E-state index in [9.17, 15) is 14.7 Å². The largest absolute Gasteiger partial charge is 0.488 e. The molecule has 7 heteroatoms. The molecule has 0 atom stereocenters. The van der Waals surface area contributed by atoms with E-state index in [4.69, 9.17) is 14.2 Å². The minimum Gasteiger partial charge on any atom is -0.488 e. The van der Waals surface area contributed by atoms with Gasteiger partial charge in [0.15, 0.2) is 0 Å². The molecule has 0 heterocycles. The average molecular weight is 413 g/mol. The Morgan fingerprint density at radius 2 is 1.77 bits per heavy atom. The molecule has 0 unspecified atom stereocenters. The number of rotatable bonds is 7. The number of carbonyl (C=O) groups is 2. The number of para-hydroxylation sites is 1. The predicted molar refractivity (Wildman–Crippen MR) is 113 cm³/mol. The molecule has 2 aromatic rings. The number of esters is 1. The number of hydrogen-bond donors (Lipinski definition) is 2. The summed E-state index contributed by atoms with van der Waals surface area (Å²) < 4.78 is 15.9. The lowest BCUT2D eigenvalue weighted by Gasteiger charge is -2.20. The third-order valence-electron chi connectivity index (χ3n) is 3.86. The molecule has 2 rings (SSSR count). The Bertz CT molecular complexity index is 900. The number of benzene rings is 2. The molecule has 0 saturated heterocycles. The summed E-state index contributed by atoms with van der Waals surface area (Å²) in [6, 6.07) is 14.7. The maximum atomic E-state index is 12.2. The fraction of sp³-hybridized carbons (Fsp3) is 0.304. The smallest absolute Gasteiger partial charge is 0.412 e. The second kappa shape index (κ2) is 10.5. The van der Waals surface area contributed by atoms with Gasteiger partial charge in [-0.1, -0.05) is 48.5 Å². The van der Waals surface area contributed by atoms with E-state index in [-0.39, 0.29) is 18.9 Å². The molecule has 0 radical (unpaired) electrons. The Balaban J connectivity index is 2.36. The summed E-state index contributed by atoms with van der Waals surface area (Å²) in [5.74, 6) is -0.347. The van der Waals surface area contributed by atoms with E-state index in [1.54, 1.807) is 39.0 Å². The van der Waals surface area contributed by atoms with E-state index in [1.165, 1.54) is 13.2 Å². The van der Waals surface area contributed by atoms with Gasteiger partial charge in [-0.2, -0.15) is 0 Å². The Labute approximate surface area is 176 Å². The number of nitrogens with one attached hydrogen (secondary N) is 1. The van der Waals surface area contributed by atoms with Crippen LogP contribution in [0, 0.1) is 0 Å². The SMILES string of the molecule is COC(=O)/C(=C/c1cccc(CO)c1OCc1ccccc1)NC(=O)OC(C)(C)C. The van der Waals surface area contributed by atoms with Crippen LogP contribution in [-0.4, -0.2) is 29.9 Å². The Kier molecular flexibility index (Phi) is 8.00. The lowest BCUT2D eigenvalue weighted by atomic mass is 10.1. The van der Waals surface area contributed by atoms with Crippen LogP contribution in [0.5, 0.6) is 5.75 Å². The van der Waals surface area contributed by atoms with Gasteiger partial charge >= 0.3 is 12.1 Å². The van der Waals surface area contributed by atoms with Gasteiger partial charge in [-0.3, -0.25) is 5.32 Å². The van der Waals surface area contributed by atoms with Gasteiger partial charge in [0, 0.05) is 11.1 Å². The first-order valence-corrected chi connectivity index (χ1v) is 9.43. The summed E-state index contributed by atoms with van der Waals surface area (Å²) in [4.78, 5) is 24.4. The normalized spacial score (nSPS) is 11.6. The molecule has 30 heavy (non-hydrogen) atoms. The minimum absolute atomic E-state index is 0.119. The van der Waals surface area contributed by atoms with Crippen LogP contribution in [0.3, 0.4) is 0 Å². The Morgan fingerprint density at radius 3 is 2.37 bits per heavy atom. The number of amides is 1. The quantitative estimate of drug-likeness (QED) is 0.530. The molecule has 0 aliphatic carbocycles. The molecule has 0 spiro atoms. The van der Waals surface area contributed by atoms with E-state index in [0.29, 0.717) is 16.9 Å². The third-order valence-corrected chi connectivity index (χ3v) is 3.86. The van der Waals surface area contributed by atoms with Gasteiger partial charge in [-0.15, -0.1) is 0 Å². The number of ether oxygens (including phenoxy) is 3. The van der Waals surface area contributed by atoms with Gasteiger partial charge in [0.2, 0.25) is 0 Å². The molecule has 160 valence electrons. The minimum atomic E-state index is -0.788. The maximum Gasteiger partial charge on any atom is 0.412 e. The van der Waals surface area contributed by atoms with E-state index in [1.807, 2.05) is 30.3 Å². The third kappa shape index (κ3) is 6.93.